The first-order valence-corrected chi connectivity index (χ1v) is 6.49. The van der Waals surface area contributed by atoms with Crippen molar-refractivity contribution in [3.05, 3.63) is 58.9 Å². The number of rotatable bonds is 5. The van der Waals surface area contributed by atoms with Crippen LogP contribution in [0.25, 0.3) is 0 Å². The molecule has 0 aliphatic heterocycles. The second kappa shape index (κ2) is 6.55. The second-order valence-corrected chi connectivity index (χ2v) is 4.51. The Morgan fingerprint density at radius 2 is 1.95 bits per heavy atom. The van der Waals surface area contributed by atoms with Crippen LogP contribution >= 0.6 is 11.6 Å². The second-order valence-electron chi connectivity index (χ2n) is 4.11. The molecule has 1 N–H and O–H groups in total. The minimum absolute atomic E-state index is 0.0910. The third-order valence-corrected chi connectivity index (χ3v) is 2.91. The molecule has 0 heterocycles. The van der Waals surface area contributed by atoms with Crippen LogP contribution in [0.5, 0.6) is 11.5 Å². The molecule has 0 atom stereocenters. The first-order valence-electron chi connectivity index (χ1n) is 6.11. The summed E-state index contributed by atoms with van der Waals surface area (Å²) in [5, 5.41) is 3.33. The van der Waals surface area contributed by atoms with E-state index in [-0.39, 0.29) is 5.02 Å². The fraction of sp³-hybridized carbons (Fsp3) is 0.200. The first-order chi connectivity index (χ1) is 9.19. The number of hydrogen-bond donors (Lipinski definition) is 1. The quantitative estimate of drug-likeness (QED) is 0.877. The van der Waals surface area contributed by atoms with Gasteiger partial charge in [0.2, 0.25) is 0 Å². The van der Waals surface area contributed by atoms with E-state index < -0.39 is 5.82 Å². The van der Waals surface area contributed by atoms with E-state index in [1.54, 1.807) is 6.07 Å². The third kappa shape index (κ3) is 3.94. The van der Waals surface area contributed by atoms with Gasteiger partial charge in [-0.15, -0.1) is 0 Å². The van der Waals surface area contributed by atoms with Gasteiger partial charge in [0.05, 0.1) is 5.02 Å². The number of benzene rings is 2. The third-order valence-electron chi connectivity index (χ3n) is 2.60. The zero-order valence-electron chi connectivity index (χ0n) is 10.6. The molecule has 0 amide bonds. The van der Waals surface area contributed by atoms with Gasteiger partial charge in [-0.05, 0) is 36.4 Å². The van der Waals surface area contributed by atoms with E-state index in [4.69, 9.17) is 16.3 Å². The fourth-order valence-electron chi connectivity index (χ4n) is 1.66. The van der Waals surface area contributed by atoms with Gasteiger partial charge in [-0.2, -0.15) is 0 Å². The van der Waals surface area contributed by atoms with Crippen molar-refractivity contribution in [2.45, 2.75) is 13.5 Å². The number of ether oxygens (including phenoxy) is 1. The van der Waals surface area contributed by atoms with Crippen LogP contribution in [-0.2, 0) is 6.54 Å². The molecule has 0 radical (unpaired) electrons. The number of halogens is 2. The van der Waals surface area contributed by atoms with Gasteiger partial charge in [0.1, 0.15) is 17.3 Å². The predicted molar refractivity (Wildman–Crippen MR) is 75.3 cm³/mol. The van der Waals surface area contributed by atoms with Crippen molar-refractivity contribution in [3.8, 4) is 11.5 Å². The van der Waals surface area contributed by atoms with Gasteiger partial charge in [-0.1, -0.05) is 30.7 Å². The number of hydrogen-bond acceptors (Lipinski definition) is 2. The van der Waals surface area contributed by atoms with Crippen LogP contribution in [-0.4, -0.2) is 6.54 Å². The molecule has 2 rings (SSSR count). The number of nitrogens with one attached hydrogen (secondary N) is 1. The van der Waals surface area contributed by atoms with E-state index in [2.05, 4.69) is 12.2 Å². The van der Waals surface area contributed by atoms with Crippen molar-refractivity contribution in [3.63, 3.8) is 0 Å². The molecule has 19 heavy (non-hydrogen) atoms. The molecule has 100 valence electrons. The van der Waals surface area contributed by atoms with Crippen LogP contribution in [0.2, 0.25) is 5.02 Å². The van der Waals surface area contributed by atoms with Crippen LogP contribution in [0.15, 0.2) is 42.5 Å². The van der Waals surface area contributed by atoms with Crippen LogP contribution < -0.4 is 10.1 Å². The molecule has 2 nitrogen and oxygen atoms in total. The fourth-order valence-corrected chi connectivity index (χ4v) is 1.78. The summed E-state index contributed by atoms with van der Waals surface area (Å²) in [4.78, 5) is 0. The molecular formula is C15H15ClFNO. The summed E-state index contributed by atoms with van der Waals surface area (Å²) in [5.41, 5.74) is 1.12. The first kappa shape index (κ1) is 13.8. The summed E-state index contributed by atoms with van der Waals surface area (Å²) in [7, 11) is 0. The zero-order chi connectivity index (χ0) is 13.7. The molecular weight excluding hydrogens is 265 g/mol. The van der Waals surface area contributed by atoms with Crippen LogP contribution in [0.1, 0.15) is 12.5 Å². The molecule has 0 spiro atoms. The molecule has 0 fully saturated rings. The van der Waals surface area contributed by atoms with Crippen molar-refractivity contribution in [1.29, 1.82) is 0 Å². The van der Waals surface area contributed by atoms with E-state index in [0.29, 0.717) is 11.5 Å². The SMILES string of the molecule is CCNCc1cccc(Oc2ccc(Cl)c(F)c2)c1. The lowest BCUT2D eigenvalue weighted by Crippen LogP contribution is -2.11. The summed E-state index contributed by atoms with van der Waals surface area (Å²) in [6.07, 6.45) is 0. The highest BCUT2D eigenvalue weighted by Gasteiger charge is 2.03. The Morgan fingerprint density at radius 1 is 1.16 bits per heavy atom. The predicted octanol–water partition coefficient (Wildman–Crippen LogP) is 4.38. The van der Waals surface area contributed by atoms with E-state index in [0.717, 1.165) is 18.7 Å². The zero-order valence-corrected chi connectivity index (χ0v) is 11.4. The Labute approximate surface area is 117 Å². The minimum atomic E-state index is -0.483. The summed E-state index contributed by atoms with van der Waals surface area (Å²) in [6, 6.07) is 12.1. The summed E-state index contributed by atoms with van der Waals surface area (Å²) in [5.74, 6) is 0.627. The van der Waals surface area contributed by atoms with Gasteiger partial charge in [0.25, 0.3) is 0 Å². The lowest BCUT2D eigenvalue weighted by molar-refractivity contribution is 0.476. The van der Waals surface area contributed by atoms with Crippen LogP contribution in [0.3, 0.4) is 0 Å². The van der Waals surface area contributed by atoms with E-state index in [9.17, 15) is 4.39 Å². The van der Waals surface area contributed by atoms with Gasteiger partial charge < -0.3 is 10.1 Å². The Hall–Kier alpha value is -1.58. The van der Waals surface area contributed by atoms with Gasteiger partial charge in [-0.25, -0.2) is 4.39 Å². The maximum atomic E-state index is 13.3. The Bertz CT molecular complexity index is 560. The van der Waals surface area contributed by atoms with Crippen LogP contribution in [0.4, 0.5) is 4.39 Å². The molecule has 4 heteroatoms. The standard InChI is InChI=1S/C15H15ClFNO/c1-2-18-10-11-4-3-5-12(8-11)19-13-6-7-14(16)15(17)9-13/h3-9,18H,2,10H2,1H3. The van der Waals surface area contributed by atoms with Crippen molar-refractivity contribution in [2.24, 2.45) is 0 Å². The lowest BCUT2D eigenvalue weighted by atomic mass is 10.2. The Balaban J connectivity index is 2.11. The van der Waals surface area contributed by atoms with Gasteiger partial charge in [-0.3, -0.25) is 0 Å². The topological polar surface area (TPSA) is 21.3 Å². The normalized spacial score (nSPS) is 10.5. The van der Waals surface area contributed by atoms with E-state index >= 15 is 0 Å². The summed E-state index contributed by atoms with van der Waals surface area (Å²) in [6.45, 7) is 3.74. The minimum Gasteiger partial charge on any atom is -0.457 e. The van der Waals surface area contributed by atoms with Gasteiger partial charge in [0, 0.05) is 12.6 Å². The molecule has 0 saturated carbocycles. The monoisotopic (exact) mass is 279 g/mol. The highest BCUT2D eigenvalue weighted by Crippen LogP contribution is 2.25. The molecule has 2 aromatic rings. The molecule has 2 aromatic carbocycles. The Morgan fingerprint density at radius 3 is 2.68 bits per heavy atom. The Kier molecular flexibility index (Phi) is 4.77. The molecule has 0 aliphatic carbocycles. The summed E-state index contributed by atoms with van der Waals surface area (Å²) >= 11 is 5.63. The average molecular weight is 280 g/mol. The maximum Gasteiger partial charge on any atom is 0.145 e. The van der Waals surface area contributed by atoms with Crippen molar-refractivity contribution in [1.82, 2.24) is 5.32 Å². The van der Waals surface area contributed by atoms with Crippen molar-refractivity contribution < 1.29 is 9.13 Å². The highest BCUT2D eigenvalue weighted by atomic mass is 35.5. The molecule has 0 bridgehead atoms. The maximum absolute atomic E-state index is 13.3. The van der Waals surface area contributed by atoms with E-state index in [1.807, 2.05) is 24.3 Å². The smallest absolute Gasteiger partial charge is 0.145 e. The van der Waals surface area contributed by atoms with E-state index in [1.165, 1.54) is 12.1 Å². The highest BCUT2D eigenvalue weighted by molar-refractivity contribution is 6.30. The summed E-state index contributed by atoms with van der Waals surface area (Å²) < 4.78 is 18.9. The molecule has 0 saturated heterocycles. The van der Waals surface area contributed by atoms with Gasteiger partial charge in [0.15, 0.2) is 0 Å². The van der Waals surface area contributed by atoms with Crippen molar-refractivity contribution in [2.75, 3.05) is 6.54 Å². The molecule has 0 unspecified atom stereocenters. The van der Waals surface area contributed by atoms with Gasteiger partial charge >= 0.3 is 0 Å². The van der Waals surface area contributed by atoms with Crippen LogP contribution in [0, 0.1) is 5.82 Å². The lowest BCUT2D eigenvalue weighted by Gasteiger charge is -2.08. The largest absolute Gasteiger partial charge is 0.457 e. The molecule has 0 aromatic heterocycles. The molecule has 0 aliphatic rings. The van der Waals surface area contributed by atoms with Crippen molar-refractivity contribution >= 4 is 11.6 Å². The average Bonchev–Trinajstić information content (AvgIpc) is 2.41.